The number of ether oxygens (including phenoxy) is 3. The van der Waals surface area contributed by atoms with Crippen molar-refractivity contribution in [3.63, 3.8) is 0 Å². The Kier molecular flexibility index (Phi) is 5.63. The van der Waals surface area contributed by atoms with E-state index in [0.717, 1.165) is 58.3 Å². The standard InChI is InChI=1S/C15H28O4/c1-3-4-13(17-2)14(16)12-5-8-19-15(11-12)6-9-18-10-7-15/h12-14,16H,3-11H2,1-2H3. The van der Waals surface area contributed by atoms with Crippen LogP contribution in [0.4, 0.5) is 0 Å². The van der Waals surface area contributed by atoms with Crippen molar-refractivity contribution in [2.75, 3.05) is 26.9 Å². The van der Waals surface area contributed by atoms with Gasteiger partial charge in [0, 0.05) is 26.9 Å². The first-order chi connectivity index (χ1) is 9.21. The molecule has 2 heterocycles. The molecule has 2 aliphatic heterocycles. The zero-order valence-electron chi connectivity index (χ0n) is 12.3. The molecule has 2 rings (SSSR count). The van der Waals surface area contributed by atoms with Gasteiger partial charge in [0.2, 0.25) is 0 Å². The SMILES string of the molecule is CCCC(OC)C(O)C1CCOC2(CCOCC2)C1. The number of rotatable bonds is 5. The van der Waals surface area contributed by atoms with E-state index in [1.807, 2.05) is 0 Å². The van der Waals surface area contributed by atoms with Crippen molar-refractivity contribution in [2.45, 2.75) is 63.3 Å². The zero-order valence-corrected chi connectivity index (χ0v) is 12.3. The average molecular weight is 272 g/mol. The molecular formula is C15H28O4. The highest BCUT2D eigenvalue weighted by molar-refractivity contribution is 4.92. The predicted octanol–water partition coefficient (Wildman–Crippen LogP) is 2.14. The summed E-state index contributed by atoms with van der Waals surface area (Å²) < 4.78 is 16.9. The van der Waals surface area contributed by atoms with Gasteiger partial charge in [-0.15, -0.1) is 0 Å². The lowest BCUT2D eigenvalue weighted by molar-refractivity contribution is -0.168. The summed E-state index contributed by atoms with van der Waals surface area (Å²) in [7, 11) is 1.70. The molecule has 1 spiro atoms. The van der Waals surface area contributed by atoms with Gasteiger partial charge in [0.25, 0.3) is 0 Å². The maximum Gasteiger partial charge on any atom is 0.0832 e. The van der Waals surface area contributed by atoms with Crippen LogP contribution in [0.3, 0.4) is 0 Å². The monoisotopic (exact) mass is 272 g/mol. The van der Waals surface area contributed by atoms with Gasteiger partial charge in [-0.05, 0) is 38.0 Å². The predicted molar refractivity (Wildman–Crippen MR) is 73.2 cm³/mol. The van der Waals surface area contributed by atoms with E-state index in [-0.39, 0.29) is 17.8 Å². The lowest BCUT2D eigenvalue weighted by Crippen LogP contribution is -2.48. The van der Waals surface area contributed by atoms with Gasteiger partial charge in [-0.3, -0.25) is 0 Å². The molecule has 0 bridgehead atoms. The van der Waals surface area contributed by atoms with E-state index in [0.29, 0.717) is 5.92 Å². The molecule has 0 aromatic carbocycles. The summed E-state index contributed by atoms with van der Waals surface area (Å²) in [6, 6.07) is 0. The van der Waals surface area contributed by atoms with Crippen molar-refractivity contribution in [1.82, 2.24) is 0 Å². The molecule has 112 valence electrons. The Bertz CT molecular complexity index is 257. The lowest BCUT2D eigenvalue weighted by atomic mass is 9.77. The number of hydrogen-bond acceptors (Lipinski definition) is 4. The molecule has 3 atom stereocenters. The van der Waals surface area contributed by atoms with Gasteiger partial charge >= 0.3 is 0 Å². The third-order valence-electron chi connectivity index (χ3n) is 4.67. The fourth-order valence-corrected chi connectivity index (χ4v) is 3.47. The normalized spacial score (nSPS) is 30.2. The minimum absolute atomic E-state index is 0.0370. The van der Waals surface area contributed by atoms with E-state index in [1.54, 1.807) is 7.11 Å². The van der Waals surface area contributed by atoms with Crippen molar-refractivity contribution in [3.8, 4) is 0 Å². The van der Waals surface area contributed by atoms with Crippen LogP contribution in [0.25, 0.3) is 0 Å². The largest absolute Gasteiger partial charge is 0.390 e. The molecule has 0 aliphatic carbocycles. The Morgan fingerprint density at radius 2 is 2.05 bits per heavy atom. The molecule has 0 aromatic rings. The second kappa shape index (κ2) is 7.02. The third-order valence-corrected chi connectivity index (χ3v) is 4.67. The van der Waals surface area contributed by atoms with Gasteiger partial charge < -0.3 is 19.3 Å². The van der Waals surface area contributed by atoms with E-state index in [1.165, 1.54) is 0 Å². The van der Waals surface area contributed by atoms with Crippen LogP contribution in [-0.4, -0.2) is 49.8 Å². The van der Waals surface area contributed by atoms with Crippen LogP contribution in [0.1, 0.15) is 45.4 Å². The summed E-state index contributed by atoms with van der Waals surface area (Å²) in [5, 5.41) is 10.6. The van der Waals surface area contributed by atoms with Crippen molar-refractivity contribution >= 4 is 0 Å². The van der Waals surface area contributed by atoms with E-state index in [9.17, 15) is 5.11 Å². The summed E-state index contributed by atoms with van der Waals surface area (Å²) in [4.78, 5) is 0. The van der Waals surface area contributed by atoms with Gasteiger partial charge in [-0.2, -0.15) is 0 Å². The van der Waals surface area contributed by atoms with Crippen LogP contribution in [0.5, 0.6) is 0 Å². The van der Waals surface area contributed by atoms with Crippen LogP contribution < -0.4 is 0 Å². The highest BCUT2D eigenvalue weighted by Gasteiger charge is 2.42. The Morgan fingerprint density at radius 1 is 1.32 bits per heavy atom. The molecule has 1 N–H and O–H groups in total. The Balaban J connectivity index is 1.95. The number of methoxy groups -OCH3 is 1. The fourth-order valence-electron chi connectivity index (χ4n) is 3.47. The zero-order chi connectivity index (χ0) is 13.7. The molecule has 2 saturated heterocycles. The summed E-state index contributed by atoms with van der Waals surface area (Å²) in [6.45, 7) is 4.45. The van der Waals surface area contributed by atoms with Crippen molar-refractivity contribution in [3.05, 3.63) is 0 Å². The first-order valence-electron chi connectivity index (χ1n) is 7.63. The minimum atomic E-state index is -0.367. The molecule has 4 heteroatoms. The number of aliphatic hydroxyl groups excluding tert-OH is 1. The van der Waals surface area contributed by atoms with Gasteiger partial charge in [0.05, 0.1) is 17.8 Å². The van der Waals surface area contributed by atoms with E-state index >= 15 is 0 Å². The fraction of sp³-hybridized carbons (Fsp3) is 1.00. The highest BCUT2D eigenvalue weighted by Crippen LogP contribution is 2.39. The van der Waals surface area contributed by atoms with Crippen molar-refractivity contribution in [1.29, 1.82) is 0 Å². The smallest absolute Gasteiger partial charge is 0.0832 e. The average Bonchev–Trinajstić information content (AvgIpc) is 2.45. The number of aliphatic hydroxyl groups is 1. The van der Waals surface area contributed by atoms with E-state index in [4.69, 9.17) is 14.2 Å². The van der Waals surface area contributed by atoms with E-state index in [2.05, 4.69) is 6.92 Å². The topological polar surface area (TPSA) is 47.9 Å². The second-order valence-electron chi connectivity index (χ2n) is 5.95. The van der Waals surface area contributed by atoms with Crippen molar-refractivity contribution < 1.29 is 19.3 Å². The second-order valence-corrected chi connectivity index (χ2v) is 5.95. The Morgan fingerprint density at radius 3 is 2.68 bits per heavy atom. The molecule has 2 fully saturated rings. The summed E-state index contributed by atoms with van der Waals surface area (Å²) >= 11 is 0. The Labute approximate surface area is 116 Å². The van der Waals surface area contributed by atoms with Crippen LogP contribution >= 0.6 is 0 Å². The maximum absolute atomic E-state index is 10.6. The minimum Gasteiger partial charge on any atom is -0.390 e. The molecule has 0 saturated carbocycles. The molecule has 4 nitrogen and oxygen atoms in total. The molecule has 3 unspecified atom stereocenters. The van der Waals surface area contributed by atoms with Crippen LogP contribution in [-0.2, 0) is 14.2 Å². The highest BCUT2D eigenvalue weighted by atomic mass is 16.5. The number of hydrogen-bond donors (Lipinski definition) is 1. The summed E-state index contributed by atoms with van der Waals surface area (Å²) in [5.74, 6) is 0.295. The van der Waals surface area contributed by atoms with Gasteiger partial charge in [0.15, 0.2) is 0 Å². The molecule has 2 aliphatic rings. The van der Waals surface area contributed by atoms with Crippen LogP contribution in [0.2, 0.25) is 0 Å². The third kappa shape index (κ3) is 3.69. The van der Waals surface area contributed by atoms with E-state index < -0.39 is 0 Å². The molecule has 0 amide bonds. The molecule has 0 radical (unpaired) electrons. The molecular weight excluding hydrogens is 244 g/mol. The molecule has 19 heavy (non-hydrogen) atoms. The van der Waals surface area contributed by atoms with Crippen molar-refractivity contribution in [2.24, 2.45) is 5.92 Å². The Hall–Kier alpha value is -0.160. The van der Waals surface area contributed by atoms with Gasteiger partial charge in [-0.1, -0.05) is 13.3 Å². The first kappa shape index (κ1) is 15.2. The maximum atomic E-state index is 10.6. The van der Waals surface area contributed by atoms with Gasteiger partial charge in [-0.25, -0.2) is 0 Å². The summed E-state index contributed by atoms with van der Waals surface area (Å²) in [6.07, 6.45) is 5.36. The molecule has 0 aromatic heterocycles. The van der Waals surface area contributed by atoms with Gasteiger partial charge in [0.1, 0.15) is 0 Å². The lowest BCUT2D eigenvalue weighted by Gasteiger charge is -2.45. The first-order valence-corrected chi connectivity index (χ1v) is 7.63. The van der Waals surface area contributed by atoms with Crippen LogP contribution in [0.15, 0.2) is 0 Å². The summed E-state index contributed by atoms with van der Waals surface area (Å²) in [5.41, 5.74) is -0.0490. The van der Waals surface area contributed by atoms with Crippen LogP contribution in [0, 0.1) is 5.92 Å². The quantitative estimate of drug-likeness (QED) is 0.833.